The molecule has 1 N–H and O–H groups in total. The highest BCUT2D eigenvalue weighted by molar-refractivity contribution is 5.95. The molecule has 3 aromatic carbocycles. The molecular weight excluding hydrogens is 508 g/mol. The van der Waals surface area contributed by atoms with Gasteiger partial charge in [-0.15, -0.1) is 12.4 Å². The zero-order valence-electron chi connectivity index (χ0n) is 21.8. The number of fused-ring (bicyclic) bond motifs is 1. The van der Waals surface area contributed by atoms with Crippen LogP contribution < -0.4 is 14.8 Å². The Morgan fingerprint density at radius 3 is 2.23 bits per heavy atom. The van der Waals surface area contributed by atoms with E-state index in [1.165, 1.54) is 16.5 Å². The van der Waals surface area contributed by atoms with Crippen molar-refractivity contribution in [1.29, 1.82) is 0 Å². The third-order valence-corrected chi connectivity index (χ3v) is 6.78. The lowest BCUT2D eigenvalue weighted by molar-refractivity contribution is 0.267. The third kappa shape index (κ3) is 5.82. The van der Waals surface area contributed by atoms with Crippen LogP contribution in [0.3, 0.4) is 0 Å². The molecular formula is C32H31ClN4O2. The molecule has 5 aromatic rings. The van der Waals surface area contributed by atoms with Crippen LogP contribution in [0.15, 0.2) is 97.1 Å². The molecule has 0 radical (unpaired) electrons. The van der Waals surface area contributed by atoms with Crippen molar-refractivity contribution in [2.45, 2.75) is 26.6 Å². The highest BCUT2D eigenvalue weighted by Crippen LogP contribution is 2.34. The zero-order valence-corrected chi connectivity index (χ0v) is 22.7. The van der Waals surface area contributed by atoms with Gasteiger partial charge in [-0.3, -0.25) is 0 Å². The Bertz CT molecular complexity index is 1580. The maximum atomic E-state index is 6.30. The van der Waals surface area contributed by atoms with Gasteiger partial charge in [0.25, 0.3) is 0 Å². The number of aromatic nitrogens is 3. The Hall–Kier alpha value is -4.13. The molecule has 1 aliphatic heterocycles. The van der Waals surface area contributed by atoms with Crippen molar-refractivity contribution in [3.05, 3.63) is 119 Å². The van der Waals surface area contributed by atoms with Crippen LogP contribution in [0.2, 0.25) is 0 Å². The van der Waals surface area contributed by atoms with Gasteiger partial charge in [0.2, 0.25) is 11.8 Å². The van der Waals surface area contributed by atoms with Gasteiger partial charge in [0.05, 0.1) is 11.2 Å². The van der Waals surface area contributed by atoms with E-state index in [1.54, 1.807) is 0 Å². The van der Waals surface area contributed by atoms with Crippen molar-refractivity contribution in [2.75, 3.05) is 13.1 Å². The van der Waals surface area contributed by atoms with Gasteiger partial charge in [0, 0.05) is 18.0 Å². The summed E-state index contributed by atoms with van der Waals surface area (Å²) in [6, 6.07) is 30.5. The molecule has 6 rings (SSSR count). The van der Waals surface area contributed by atoms with Gasteiger partial charge < -0.3 is 14.8 Å². The van der Waals surface area contributed by atoms with E-state index in [2.05, 4.69) is 36.5 Å². The van der Waals surface area contributed by atoms with Crippen molar-refractivity contribution >= 4 is 28.9 Å². The summed E-state index contributed by atoms with van der Waals surface area (Å²) in [5.41, 5.74) is 7.55. The van der Waals surface area contributed by atoms with Crippen LogP contribution in [0.4, 0.5) is 0 Å². The molecule has 0 aliphatic carbocycles. The number of nitrogens with zero attached hydrogens (tertiary/aromatic N) is 3. The zero-order chi connectivity index (χ0) is 25.7. The molecule has 0 bridgehead atoms. The van der Waals surface area contributed by atoms with Crippen LogP contribution in [0.25, 0.3) is 22.2 Å². The van der Waals surface area contributed by atoms with Gasteiger partial charge >= 0.3 is 0 Å². The summed E-state index contributed by atoms with van der Waals surface area (Å²) in [7, 11) is 0. The fourth-order valence-corrected chi connectivity index (χ4v) is 4.89. The Morgan fingerprint density at radius 1 is 0.821 bits per heavy atom. The first-order chi connectivity index (χ1) is 18.8. The van der Waals surface area contributed by atoms with Crippen LogP contribution in [0.1, 0.15) is 28.8 Å². The second kappa shape index (κ2) is 12.2. The van der Waals surface area contributed by atoms with E-state index in [0.717, 1.165) is 47.5 Å². The van der Waals surface area contributed by atoms with Gasteiger partial charge in [-0.2, -0.15) is 10.1 Å². The third-order valence-electron chi connectivity index (χ3n) is 6.78. The first-order valence-corrected chi connectivity index (χ1v) is 13.0. The molecule has 0 fully saturated rings. The summed E-state index contributed by atoms with van der Waals surface area (Å²) < 4.78 is 14.3. The van der Waals surface area contributed by atoms with Crippen molar-refractivity contribution in [1.82, 2.24) is 20.1 Å². The molecule has 0 saturated heterocycles. The lowest BCUT2D eigenvalue weighted by atomic mass is 9.96. The second-order valence-corrected chi connectivity index (χ2v) is 9.40. The Morgan fingerprint density at radius 2 is 1.54 bits per heavy atom. The molecule has 198 valence electrons. The maximum Gasteiger partial charge on any atom is 0.243 e. The maximum absolute atomic E-state index is 6.30. The van der Waals surface area contributed by atoms with Crippen LogP contribution in [-0.2, 0) is 13.2 Å². The van der Waals surface area contributed by atoms with E-state index < -0.39 is 0 Å². The number of halogens is 1. The summed E-state index contributed by atoms with van der Waals surface area (Å²) in [4.78, 5) is 4.78. The SMILES string of the molecule is Cc1nn(-c2ccc(OCc3ccccc3)nc2OCc2ccccc2)c2cccc(C3=CCNCC3)c12.Cl. The highest BCUT2D eigenvalue weighted by atomic mass is 35.5. The fourth-order valence-electron chi connectivity index (χ4n) is 4.89. The molecule has 2 aromatic heterocycles. The largest absolute Gasteiger partial charge is 0.473 e. The number of rotatable bonds is 8. The second-order valence-electron chi connectivity index (χ2n) is 9.40. The highest BCUT2D eigenvalue weighted by Gasteiger charge is 2.19. The van der Waals surface area contributed by atoms with Gasteiger partial charge in [-0.1, -0.05) is 78.9 Å². The lowest BCUT2D eigenvalue weighted by Crippen LogP contribution is -2.20. The molecule has 0 unspecified atom stereocenters. The van der Waals surface area contributed by atoms with E-state index in [4.69, 9.17) is 19.6 Å². The molecule has 0 spiro atoms. The quantitative estimate of drug-likeness (QED) is 0.238. The van der Waals surface area contributed by atoms with E-state index in [-0.39, 0.29) is 12.4 Å². The van der Waals surface area contributed by atoms with Crippen LogP contribution in [-0.4, -0.2) is 27.9 Å². The van der Waals surface area contributed by atoms with E-state index in [9.17, 15) is 0 Å². The number of pyridine rings is 1. The summed E-state index contributed by atoms with van der Waals surface area (Å²) >= 11 is 0. The first kappa shape index (κ1) is 26.5. The summed E-state index contributed by atoms with van der Waals surface area (Å²) in [5, 5.41) is 9.54. The van der Waals surface area contributed by atoms with Gasteiger partial charge in [0.1, 0.15) is 18.9 Å². The smallest absolute Gasteiger partial charge is 0.243 e. The first-order valence-electron chi connectivity index (χ1n) is 13.0. The number of hydrogen-bond donors (Lipinski definition) is 1. The van der Waals surface area contributed by atoms with Crippen LogP contribution in [0.5, 0.6) is 11.8 Å². The molecule has 3 heterocycles. The predicted molar refractivity (Wildman–Crippen MR) is 158 cm³/mol. The van der Waals surface area contributed by atoms with Crippen LogP contribution in [0, 0.1) is 6.92 Å². The molecule has 1 aliphatic rings. The molecule has 0 atom stereocenters. The van der Waals surface area contributed by atoms with E-state index >= 15 is 0 Å². The molecule has 6 nitrogen and oxygen atoms in total. The van der Waals surface area contributed by atoms with Crippen molar-refractivity contribution < 1.29 is 9.47 Å². The standard InChI is InChI=1S/C32H30N4O2.ClH/c1-23-31-27(26-17-19-33-20-18-26)13-8-14-28(31)36(35-23)29-15-16-30(37-21-24-9-4-2-5-10-24)34-32(29)38-22-25-11-6-3-7-12-25;/h2-17,33H,18-22H2,1H3;1H. The average Bonchev–Trinajstić information content (AvgIpc) is 3.33. The normalized spacial score (nSPS) is 13.0. The number of nitrogens with one attached hydrogen (secondary N) is 1. The minimum absolute atomic E-state index is 0. The summed E-state index contributed by atoms with van der Waals surface area (Å²) in [5.74, 6) is 0.990. The number of aryl methyl sites for hydroxylation is 1. The van der Waals surface area contributed by atoms with E-state index in [0.29, 0.717) is 25.0 Å². The molecule has 0 saturated carbocycles. The Balaban J connectivity index is 0.00000308. The van der Waals surface area contributed by atoms with Gasteiger partial charge in [-0.05, 0) is 54.3 Å². The number of ether oxygens (including phenoxy) is 2. The predicted octanol–water partition coefficient (Wildman–Crippen LogP) is 6.69. The lowest BCUT2D eigenvalue weighted by Gasteiger charge is -2.16. The van der Waals surface area contributed by atoms with Gasteiger partial charge in [0.15, 0.2) is 0 Å². The monoisotopic (exact) mass is 538 g/mol. The van der Waals surface area contributed by atoms with Crippen molar-refractivity contribution in [3.8, 4) is 17.4 Å². The van der Waals surface area contributed by atoms with Crippen molar-refractivity contribution in [2.24, 2.45) is 0 Å². The Labute approximate surface area is 234 Å². The van der Waals surface area contributed by atoms with Crippen LogP contribution >= 0.6 is 12.4 Å². The Kier molecular flexibility index (Phi) is 8.25. The van der Waals surface area contributed by atoms with Gasteiger partial charge in [-0.25, -0.2) is 4.68 Å². The average molecular weight is 539 g/mol. The molecule has 39 heavy (non-hydrogen) atoms. The fraction of sp³-hybridized carbons (Fsp3) is 0.188. The van der Waals surface area contributed by atoms with E-state index in [1.807, 2.05) is 77.5 Å². The number of hydrogen-bond acceptors (Lipinski definition) is 5. The molecule has 0 amide bonds. The minimum Gasteiger partial charge on any atom is -0.473 e. The van der Waals surface area contributed by atoms with Crippen molar-refractivity contribution in [3.63, 3.8) is 0 Å². The number of benzene rings is 3. The molecule has 7 heteroatoms. The minimum atomic E-state index is 0. The summed E-state index contributed by atoms with van der Waals surface area (Å²) in [6.45, 7) is 4.78. The summed E-state index contributed by atoms with van der Waals surface area (Å²) in [6.07, 6.45) is 3.29. The topological polar surface area (TPSA) is 61.2 Å².